The number of nitrogens with zero attached hydrogens (tertiary/aromatic N) is 4. The Morgan fingerprint density at radius 1 is 1.10 bits per heavy atom. The van der Waals surface area contributed by atoms with Gasteiger partial charge in [-0.3, -0.25) is 0 Å². The Labute approximate surface area is 245 Å². The van der Waals surface area contributed by atoms with E-state index >= 15 is 0 Å². The quantitative estimate of drug-likeness (QED) is 0.341. The molecule has 1 aromatic heterocycles. The zero-order chi connectivity index (χ0) is 29.9. The lowest BCUT2D eigenvalue weighted by Crippen LogP contribution is -2.45. The van der Waals surface area contributed by atoms with E-state index in [0.29, 0.717) is 47.8 Å². The molecule has 0 aliphatic carbocycles. The normalized spacial score (nSPS) is 15.0. The molecule has 4 rings (SSSR count). The van der Waals surface area contributed by atoms with E-state index in [1.54, 1.807) is 69.2 Å². The first-order valence-corrected chi connectivity index (χ1v) is 17.0. The first-order chi connectivity index (χ1) is 19.4. The highest BCUT2D eigenvalue weighted by Gasteiger charge is 2.33. The highest BCUT2D eigenvalue weighted by atomic mass is 35.5. The molecule has 1 aliphatic heterocycles. The van der Waals surface area contributed by atoms with E-state index in [9.17, 15) is 17.8 Å². The maximum absolute atomic E-state index is 13.8. The van der Waals surface area contributed by atoms with E-state index < -0.39 is 22.2 Å². The van der Waals surface area contributed by atoms with Gasteiger partial charge in [0.1, 0.15) is 17.9 Å². The molecule has 11 nitrogen and oxygen atoms in total. The summed E-state index contributed by atoms with van der Waals surface area (Å²) >= 11 is 6.36. The highest BCUT2D eigenvalue weighted by Crippen LogP contribution is 2.47. The van der Waals surface area contributed by atoms with Crippen LogP contribution in [0.5, 0.6) is 5.75 Å². The molecule has 2 N–H and O–H groups in total. The summed E-state index contributed by atoms with van der Waals surface area (Å²) in [7, 11) is -1.37. The standard InChI is InChI=1S/C27H34ClN6O5PS/c1-18(2)41(37,38)24-9-7-6-8-22(24)30-25-20(28)17-29-26(32-25)31-21-11-10-19(16-23(21)39-5)40(36)14-12-34(13-15-40)27(35)33(3)4/h6-11,16-18H,12-15H2,1-5H3,(H2,29,30,31,32). The Bertz CT molecular complexity index is 1590. The molecular weight excluding hydrogens is 587 g/mol. The molecule has 1 aliphatic rings. The topological polar surface area (TPSA) is 134 Å². The molecule has 1 saturated heterocycles. The van der Waals surface area contributed by atoms with Crippen molar-refractivity contribution in [3.05, 3.63) is 53.7 Å². The number of methoxy groups -OCH3 is 1. The average Bonchev–Trinajstić information content (AvgIpc) is 2.95. The maximum Gasteiger partial charge on any atom is 0.319 e. The van der Waals surface area contributed by atoms with E-state index in [0.717, 1.165) is 0 Å². The largest absolute Gasteiger partial charge is 0.495 e. The first-order valence-electron chi connectivity index (χ1n) is 13.0. The predicted molar refractivity (Wildman–Crippen MR) is 163 cm³/mol. The van der Waals surface area contributed by atoms with Crippen molar-refractivity contribution in [1.29, 1.82) is 0 Å². The Hall–Kier alpha value is -3.34. The number of hydrogen-bond donors (Lipinski definition) is 2. The number of hydrogen-bond acceptors (Lipinski definition) is 9. The van der Waals surface area contributed by atoms with Crippen LogP contribution in [0.4, 0.5) is 27.9 Å². The summed E-state index contributed by atoms with van der Waals surface area (Å²) in [5, 5.41) is 6.41. The van der Waals surface area contributed by atoms with Gasteiger partial charge in [-0.25, -0.2) is 18.2 Å². The number of sulfone groups is 1. The van der Waals surface area contributed by atoms with Crippen LogP contribution in [0.3, 0.4) is 0 Å². The van der Waals surface area contributed by atoms with Crippen LogP contribution in [-0.2, 0) is 14.4 Å². The number of nitrogens with one attached hydrogen (secondary N) is 2. The van der Waals surface area contributed by atoms with Gasteiger partial charge in [-0.15, -0.1) is 0 Å². The number of carbonyl (C=O) groups is 1. The van der Waals surface area contributed by atoms with Gasteiger partial charge in [0.2, 0.25) is 5.95 Å². The highest BCUT2D eigenvalue weighted by molar-refractivity contribution is 7.92. The van der Waals surface area contributed by atoms with E-state index in [1.807, 2.05) is 0 Å². The maximum atomic E-state index is 13.8. The number of rotatable bonds is 8. The van der Waals surface area contributed by atoms with Crippen molar-refractivity contribution in [3.63, 3.8) is 0 Å². The van der Waals surface area contributed by atoms with Crippen LogP contribution in [-0.4, -0.2) is 86.1 Å². The Morgan fingerprint density at radius 3 is 2.41 bits per heavy atom. The Balaban J connectivity index is 1.56. The lowest BCUT2D eigenvalue weighted by molar-refractivity contribution is 0.175. The van der Waals surface area contributed by atoms with Crippen LogP contribution >= 0.6 is 18.7 Å². The number of benzene rings is 2. The summed E-state index contributed by atoms with van der Waals surface area (Å²) in [5.41, 5.74) is 0.887. The zero-order valence-electron chi connectivity index (χ0n) is 23.6. The predicted octanol–water partition coefficient (Wildman–Crippen LogP) is 4.79. The van der Waals surface area contributed by atoms with Crippen LogP contribution in [0.25, 0.3) is 0 Å². The molecule has 0 spiro atoms. The third-order valence-electron chi connectivity index (χ3n) is 6.83. The number of halogens is 1. The zero-order valence-corrected chi connectivity index (χ0v) is 26.1. The minimum Gasteiger partial charge on any atom is -0.495 e. The summed E-state index contributed by atoms with van der Waals surface area (Å²) in [6.07, 6.45) is 2.19. The van der Waals surface area contributed by atoms with E-state index in [4.69, 9.17) is 16.3 Å². The molecule has 2 aromatic carbocycles. The van der Waals surface area contributed by atoms with Crippen molar-refractivity contribution < 1.29 is 22.5 Å². The van der Waals surface area contributed by atoms with Crippen LogP contribution < -0.4 is 20.7 Å². The van der Waals surface area contributed by atoms with Crippen LogP contribution in [0, 0.1) is 0 Å². The smallest absolute Gasteiger partial charge is 0.319 e. The minimum atomic E-state index is -3.56. The average molecular weight is 621 g/mol. The van der Waals surface area contributed by atoms with Gasteiger partial charge >= 0.3 is 6.03 Å². The van der Waals surface area contributed by atoms with Crippen molar-refractivity contribution in [3.8, 4) is 5.75 Å². The van der Waals surface area contributed by atoms with Gasteiger partial charge in [0.05, 0.1) is 34.8 Å². The molecule has 1 fully saturated rings. The second-order valence-electron chi connectivity index (χ2n) is 10.1. The number of ether oxygens (including phenoxy) is 1. The summed E-state index contributed by atoms with van der Waals surface area (Å²) < 4.78 is 45.1. The van der Waals surface area contributed by atoms with Crippen LogP contribution in [0.2, 0.25) is 5.02 Å². The lowest BCUT2D eigenvalue weighted by atomic mass is 10.3. The molecular formula is C27H34ClN6O5PS. The van der Waals surface area contributed by atoms with Crippen LogP contribution in [0.1, 0.15) is 13.8 Å². The van der Waals surface area contributed by atoms with Crippen molar-refractivity contribution >= 4 is 63.1 Å². The fourth-order valence-corrected chi connectivity index (χ4v) is 8.30. The van der Waals surface area contributed by atoms with Gasteiger partial charge in [-0.05, 0) is 44.2 Å². The molecule has 14 heteroatoms. The number of carbonyl (C=O) groups excluding carboxylic acids is 1. The molecule has 0 unspecified atom stereocenters. The molecule has 2 heterocycles. The first kappa shape index (κ1) is 30.6. The van der Waals surface area contributed by atoms with Crippen LogP contribution in [0.15, 0.2) is 53.6 Å². The molecule has 0 atom stereocenters. The number of para-hydroxylation sites is 1. The minimum absolute atomic E-state index is 0.0877. The van der Waals surface area contributed by atoms with Gasteiger partial charge < -0.3 is 29.7 Å². The van der Waals surface area contributed by atoms with E-state index in [-0.39, 0.29) is 27.7 Å². The number of amides is 2. The fourth-order valence-electron chi connectivity index (χ4n) is 4.39. The molecule has 0 saturated carbocycles. The van der Waals surface area contributed by atoms with Crippen molar-refractivity contribution in [1.82, 2.24) is 19.8 Å². The summed E-state index contributed by atoms with van der Waals surface area (Å²) in [6.45, 7) is 4.09. The molecule has 3 aromatic rings. The third kappa shape index (κ3) is 6.60. The summed E-state index contributed by atoms with van der Waals surface area (Å²) in [5.74, 6) is 0.856. The fraction of sp³-hybridized carbons (Fsp3) is 0.370. The second-order valence-corrected chi connectivity index (χ2v) is 16.2. The van der Waals surface area contributed by atoms with Gasteiger partial charge in [0.25, 0.3) is 0 Å². The molecule has 220 valence electrons. The summed E-state index contributed by atoms with van der Waals surface area (Å²) in [4.78, 5) is 24.4. The summed E-state index contributed by atoms with van der Waals surface area (Å²) in [6, 6.07) is 11.8. The van der Waals surface area contributed by atoms with E-state index in [1.165, 1.54) is 24.3 Å². The lowest BCUT2D eigenvalue weighted by Gasteiger charge is -2.34. The van der Waals surface area contributed by atoms with Gasteiger partial charge in [0, 0.05) is 44.8 Å². The Morgan fingerprint density at radius 2 is 1.78 bits per heavy atom. The van der Waals surface area contributed by atoms with Gasteiger partial charge in [0.15, 0.2) is 15.7 Å². The number of urea groups is 1. The monoisotopic (exact) mass is 620 g/mol. The number of aromatic nitrogens is 2. The SMILES string of the molecule is COc1cc(P2(=O)CCN(C(=O)N(C)C)CC2)ccc1Nc1ncc(Cl)c(Nc2ccccc2S(=O)(=O)C(C)C)n1. The van der Waals surface area contributed by atoms with Gasteiger partial charge in [-0.1, -0.05) is 23.7 Å². The van der Waals surface area contributed by atoms with Crippen molar-refractivity contribution in [2.45, 2.75) is 24.0 Å². The van der Waals surface area contributed by atoms with E-state index in [2.05, 4.69) is 20.6 Å². The van der Waals surface area contributed by atoms with Gasteiger partial charge in [-0.2, -0.15) is 4.98 Å². The second kappa shape index (κ2) is 12.3. The van der Waals surface area contributed by atoms with Crippen molar-refractivity contribution in [2.75, 3.05) is 57.3 Å². The molecule has 0 radical (unpaired) electrons. The molecule has 2 amide bonds. The molecule has 0 bridgehead atoms. The number of anilines is 4. The van der Waals surface area contributed by atoms with Crippen molar-refractivity contribution in [2.24, 2.45) is 0 Å². The molecule has 41 heavy (non-hydrogen) atoms. The Kier molecular flexibility index (Phi) is 9.16. The third-order valence-corrected chi connectivity index (χ3v) is 12.4.